The molecule has 0 fully saturated rings. The number of aromatic nitrogens is 5. The van der Waals surface area contributed by atoms with Crippen LogP contribution in [0.4, 0.5) is 11.6 Å². The first-order valence-corrected chi connectivity index (χ1v) is 12.7. The van der Waals surface area contributed by atoms with Crippen molar-refractivity contribution in [1.82, 2.24) is 25.1 Å². The van der Waals surface area contributed by atoms with Gasteiger partial charge in [0, 0.05) is 46.1 Å². The Bertz CT molecular complexity index is 1550. The highest BCUT2D eigenvalue weighted by molar-refractivity contribution is 5.68. The number of hydrogen-bond acceptors (Lipinski definition) is 7. The summed E-state index contributed by atoms with van der Waals surface area (Å²) in [5.74, 6) is 2.10. The van der Waals surface area contributed by atoms with Gasteiger partial charge in [0.2, 0.25) is 5.95 Å². The van der Waals surface area contributed by atoms with Crippen molar-refractivity contribution in [2.24, 2.45) is 5.92 Å². The Kier molecular flexibility index (Phi) is 5.09. The molecule has 2 aliphatic carbocycles. The van der Waals surface area contributed by atoms with E-state index in [4.69, 9.17) is 14.5 Å². The fourth-order valence-electron chi connectivity index (χ4n) is 6.52. The Morgan fingerprint density at radius 1 is 0.919 bits per heavy atom. The first-order valence-electron chi connectivity index (χ1n) is 12.7. The lowest BCUT2D eigenvalue weighted by Crippen LogP contribution is -2.48. The van der Waals surface area contributed by atoms with Crippen LogP contribution in [0.1, 0.15) is 47.4 Å². The minimum atomic E-state index is -0.340. The van der Waals surface area contributed by atoms with Crippen LogP contribution in [0.5, 0.6) is 0 Å². The van der Waals surface area contributed by atoms with Crippen LogP contribution in [0.3, 0.4) is 0 Å². The zero-order chi connectivity index (χ0) is 24.8. The second-order valence-corrected chi connectivity index (χ2v) is 10.0. The van der Waals surface area contributed by atoms with E-state index in [-0.39, 0.29) is 11.3 Å². The molecule has 3 atom stereocenters. The van der Waals surface area contributed by atoms with Gasteiger partial charge in [-0.2, -0.15) is 0 Å². The predicted octanol–water partition coefficient (Wildman–Crippen LogP) is 5.87. The zero-order valence-corrected chi connectivity index (χ0v) is 20.5. The van der Waals surface area contributed by atoms with Crippen molar-refractivity contribution >= 4 is 11.6 Å². The van der Waals surface area contributed by atoms with Crippen LogP contribution in [-0.4, -0.2) is 25.1 Å². The van der Waals surface area contributed by atoms with E-state index in [2.05, 4.69) is 57.7 Å². The van der Waals surface area contributed by atoms with Crippen molar-refractivity contribution in [1.29, 1.82) is 0 Å². The summed E-state index contributed by atoms with van der Waals surface area (Å²) in [6.07, 6.45) is 9.77. The number of para-hydroxylation sites is 1. The molecule has 0 saturated carbocycles. The van der Waals surface area contributed by atoms with Crippen molar-refractivity contribution < 1.29 is 4.52 Å². The lowest BCUT2D eigenvalue weighted by Gasteiger charge is -2.50. The van der Waals surface area contributed by atoms with E-state index in [0.29, 0.717) is 11.9 Å². The van der Waals surface area contributed by atoms with Gasteiger partial charge in [0.15, 0.2) is 0 Å². The third kappa shape index (κ3) is 3.45. The summed E-state index contributed by atoms with van der Waals surface area (Å²) in [7, 11) is 0. The normalized spacial score (nSPS) is 22.0. The number of rotatable bonds is 4. The van der Waals surface area contributed by atoms with Crippen LogP contribution in [0, 0.1) is 5.92 Å². The van der Waals surface area contributed by atoms with Crippen molar-refractivity contribution in [2.75, 3.05) is 5.32 Å². The topological polar surface area (TPSA) is 89.6 Å². The molecule has 0 amide bonds. The highest BCUT2D eigenvalue weighted by atomic mass is 16.5. The number of hydrogen-bond donors (Lipinski definition) is 1. The molecule has 0 radical (unpaired) electrons. The van der Waals surface area contributed by atoms with Gasteiger partial charge in [0.05, 0.1) is 17.6 Å². The molecular formula is C30H26N6O. The van der Waals surface area contributed by atoms with E-state index >= 15 is 0 Å². The van der Waals surface area contributed by atoms with Crippen LogP contribution < -0.4 is 5.32 Å². The minimum Gasteiger partial charge on any atom is -0.361 e. The summed E-state index contributed by atoms with van der Waals surface area (Å²) in [6, 6.07) is 20.9. The fourth-order valence-corrected chi connectivity index (χ4v) is 6.52. The molecule has 0 spiro atoms. The maximum absolute atomic E-state index is 5.77. The molecule has 0 unspecified atom stereocenters. The molecule has 0 bridgehead atoms. The van der Waals surface area contributed by atoms with Crippen LogP contribution in [-0.2, 0) is 18.3 Å². The average Bonchev–Trinajstić information content (AvgIpc) is 3.43. The summed E-state index contributed by atoms with van der Waals surface area (Å²) in [5.41, 5.74) is 7.04. The van der Waals surface area contributed by atoms with Crippen LogP contribution in [0.2, 0.25) is 0 Å². The molecule has 5 aromatic rings. The third-order valence-electron chi connectivity index (χ3n) is 8.08. The average molecular weight is 487 g/mol. The Labute approximate surface area is 215 Å². The van der Waals surface area contributed by atoms with Crippen molar-refractivity contribution in [3.8, 4) is 11.3 Å². The van der Waals surface area contributed by atoms with E-state index in [1.54, 1.807) is 6.33 Å². The van der Waals surface area contributed by atoms with E-state index in [0.717, 1.165) is 53.2 Å². The molecule has 7 heteroatoms. The monoisotopic (exact) mass is 486 g/mol. The summed E-state index contributed by atoms with van der Waals surface area (Å²) in [5, 5.41) is 7.65. The second kappa shape index (κ2) is 8.62. The van der Waals surface area contributed by atoms with Gasteiger partial charge in [-0.1, -0.05) is 60.6 Å². The van der Waals surface area contributed by atoms with Crippen molar-refractivity contribution in [3.05, 3.63) is 114 Å². The smallest absolute Gasteiger partial charge is 0.228 e. The molecule has 3 aromatic heterocycles. The first kappa shape index (κ1) is 21.9. The molecule has 2 aromatic carbocycles. The fraction of sp³-hybridized carbons (Fsp3) is 0.233. The minimum absolute atomic E-state index is 0.212. The number of benzene rings is 2. The third-order valence-corrected chi connectivity index (χ3v) is 8.08. The Morgan fingerprint density at radius 2 is 1.68 bits per heavy atom. The first-order chi connectivity index (χ1) is 18.2. The van der Waals surface area contributed by atoms with Gasteiger partial charge in [0.25, 0.3) is 0 Å². The molecular weight excluding hydrogens is 460 g/mol. The lowest BCUT2D eigenvalue weighted by molar-refractivity contribution is 0.189. The molecule has 3 heterocycles. The predicted molar refractivity (Wildman–Crippen MR) is 140 cm³/mol. The van der Waals surface area contributed by atoms with Crippen molar-refractivity contribution in [3.63, 3.8) is 0 Å². The Hall–Kier alpha value is -4.39. The molecule has 7 rings (SSSR count). The van der Waals surface area contributed by atoms with Gasteiger partial charge in [-0.25, -0.2) is 19.9 Å². The summed E-state index contributed by atoms with van der Waals surface area (Å²) in [6.45, 7) is 2.27. The Balaban J connectivity index is 1.51. The molecule has 2 aliphatic rings. The lowest BCUT2D eigenvalue weighted by atomic mass is 9.53. The largest absolute Gasteiger partial charge is 0.361 e. The highest BCUT2D eigenvalue weighted by Crippen LogP contribution is 2.57. The summed E-state index contributed by atoms with van der Waals surface area (Å²) in [4.78, 5) is 18.9. The Morgan fingerprint density at radius 3 is 2.46 bits per heavy atom. The maximum Gasteiger partial charge on any atom is 0.228 e. The number of nitrogens with zero attached hydrogens (tertiary/aromatic N) is 5. The van der Waals surface area contributed by atoms with Gasteiger partial charge in [-0.05, 0) is 42.9 Å². The van der Waals surface area contributed by atoms with Crippen LogP contribution >= 0.6 is 0 Å². The standard InChI is InChI=1S/C30H26N6O/c1-19-25-13-12-24-26(21-15-31-18-32-16-21)35-29(34-23-10-6-3-7-11-23)36-28(24)30(25,22-8-4-2-5-9-22)14-20-17-33-37-27(19)20/h2-11,15-19,25H,12-14H2,1H3,(H,34,35,36)/t19-,25-,30+/m0/s1. The molecule has 1 N–H and O–H groups in total. The van der Waals surface area contributed by atoms with Crippen LogP contribution in [0.15, 0.2) is 90.1 Å². The SMILES string of the molecule is C[C@@H]1c2oncc2C[C@]2(c3ccccc3)c3nc(Nc4ccccc4)nc(-c4cncnc4)c3CC[C@@H]12. The molecule has 37 heavy (non-hydrogen) atoms. The number of fused-ring (bicyclic) bond motifs is 4. The number of nitrogens with one attached hydrogen (secondary N) is 1. The van der Waals surface area contributed by atoms with Crippen LogP contribution in [0.25, 0.3) is 11.3 Å². The van der Waals surface area contributed by atoms with E-state index in [1.807, 2.05) is 48.9 Å². The van der Waals surface area contributed by atoms with Gasteiger partial charge in [0.1, 0.15) is 12.1 Å². The van der Waals surface area contributed by atoms with Gasteiger partial charge in [-0.15, -0.1) is 0 Å². The van der Waals surface area contributed by atoms with E-state index in [1.165, 1.54) is 11.1 Å². The van der Waals surface area contributed by atoms with Gasteiger partial charge < -0.3 is 9.84 Å². The zero-order valence-electron chi connectivity index (χ0n) is 20.5. The van der Waals surface area contributed by atoms with E-state index < -0.39 is 0 Å². The van der Waals surface area contributed by atoms with Crippen molar-refractivity contribution in [2.45, 2.75) is 37.5 Å². The molecule has 0 aliphatic heterocycles. The summed E-state index contributed by atoms with van der Waals surface area (Å²) < 4.78 is 5.77. The number of anilines is 2. The second-order valence-electron chi connectivity index (χ2n) is 10.0. The quantitative estimate of drug-likeness (QED) is 0.340. The maximum atomic E-state index is 5.77. The highest BCUT2D eigenvalue weighted by Gasteiger charge is 2.54. The van der Waals surface area contributed by atoms with Gasteiger partial charge >= 0.3 is 0 Å². The molecule has 0 saturated heterocycles. The summed E-state index contributed by atoms with van der Waals surface area (Å²) >= 11 is 0. The van der Waals surface area contributed by atoms with Gasteiger partial charge in [-0.3, -0.25) is 0 Å². The van der Waals surface area contributed by atoms with E-state index in [9.17, 15) is 0 Å². The molecule has 7 nitrogen and oxygen atoms in total. The molecule has 182 valence electrons.